The minimum atomic E-state index is -0.0290. The highest BCUT2D eigenvalue weighted by molar-refractivity contribution is 5.94. The lowest BCUT2D eigenvalue weighted by Gasteiger charge is -2.18. The molecule has 1 unspecified atom stereocenters. The zero-order valence-corrected chi connectivity index (χ0v) is 17.5. The van der Waals surface area contributed by atoms with Crippen molar-refractivity contribution in [1.29, 1.82) is 0 Å². The molecule has 5 heteroatoms. The van der Waals surface area contributed by atoms with E-state index in [1.165, 1.54) is 16.9 Å². The summed E-state index contributed by atoms with van der Waals surface area (Å²) in [5.41, 5.74) is 6.46. The van der Waals surface area contributed by atoms with E-state index < -0.39 is 0 Å². The van der Waals surface area contributed by atoms with Crippen LogP contribution in [0.2, 0.25) is 0 Å². The van der Waals surface area contributed by atoms with Gasteiger partial charge >= 0.3 is 0 Å². The van der Waals surface area contributed by atoms with E-state index in [1.807, 2.05) is 22.9 Å². The number of aryl methyl sites for hydroxylation is 1. The molecule has 1 amide bonds. The quantitative estimate of drug-likeness (QED) is 0.706. The first-order chi connectivity index (χ1) is 14.7. The van der Waals surface area contributed by atoms with Gasteiger partial charge in [-0.15, -0.1) is 0 Å². The number of carbonyl (C=O) groups is 1. The van der Waals surface area contributed by atoms with Gasteiger partial charge in [-0.05, 0) is 62.3 Å². The highest BCUT2D eigenvalue weighted by Crippen LogP contribution is 2.29. The summed E-state index contributed by atoms with van der Waals surface area (Å²) >= 11 is 0. The number of hydrogen-bond acceptors (Lipinski definition) is 3. The molecular formula is C25H28N4O. The fourth-order valence-electron chi connectivity index (χ4n) is 4.81. The van der Waals surface area contributed by atoms with Crippen LogP contribution in [0.25, 0.3) is 5.69 Å². The van der Waals surface area contributed by atoms with Crippen molar-refractivity contribution in [3.63, 3.8) is 0 Å². The van der Waals surface area contributed by atoms with Crippen LogP contribution in [-0.4, -0.2) is 35.3 Å². The molecule has 1 saturated heterocycles. The van der Waals surface area contributed by atoms with Crippen LogP contribution < -0.4 is 10.2 Å². The number of nitrogens with zero attached hydrogens (tertiary/aromatic N) is 3. The summed E-state index contributed by atoms with van der Waals surface area (Å²) < 4.78 is 2.00. The van der Waals surface area contributed by atoms with Crippen molar-refractivity contribution < 1.29 is 4.79 Å². The molecule has 0 radical (unpaired) electrons. The van der Waals surface area contributed by atoms with Gasteiger partial charge in [-0.1, -0.05) is 36.4 Å². The van der Waals surface area contributed by atoms with Gasteiger partial charge in [0.1, 0.15) is 0 Å². The number of carbonyl (C=O) groups excluding carboxylic acids is 1. The average molecular weight is 401 g/mol. The molecule has 5 nitrogen and oxygen atoms in total. The summed E-state index contributed by atoms with van der Waals surface area (Å²) in [4.78, 5) is 15.4. The van der Waals surface area contributed by atoms with E-state index in [1.54, 1.807) is 0 Å². The maximum absolute atomic E-state index is 13.0. The number of benzene rings is 2. The molecule has 1 aliphatic carbocycles. The molecule has 1 fully saturated rings. The van der Waals surface area contributed by atoms with Crippen LogP contribution in [0.15, 0.2) is 54.6 Å². The Kier molecular flexibility index (Phi) is 5.03. The molecule has 30 heavy (non-hydrogen) atoms. The SMILES string of the molecule is Cc1ccccc1-n1nc(C(=O)NCC2CCN(c3ccccc3)C2)c2c1CCC2. The first kappa shape index (κ1) is 18.9. The molecule has 3 aromatic rings. The Bertz CT molecular complexity index is 1060. The third-order valence-corrected chi connectivity index (χ3v) is 6.45. The molecule has 2 aliphatic rings. The Labute approximate surface area is 177 Å². The Balaban J connectivity index is 1.28. The molecule has 1 N–H and O–H groups in total. The molecule has 1 aromatic heterocycles. The lowest BCUT2D eigenvalue weighted by atomic mass is 10.1. The van der Waals surface area contributed by atoms with Gasteiger partial charge in [0, 0.05) is 36.6 Å². The molecular weight excluding hydrogens is 372 g/mol. The molecule has 0 saturated carbocycles. The third kappa shape index (κ3) is 3.49. The van der Waals surface area contributed by atoms with Crippen molar-refractivity contribution in [3.8, 4) is 5.69 Å². The van der Waals surface area contributed by atoms with E-state index in [2.05, 4.69) is 53.5 Å². The normalized spacial score (nSPS) is 17.9. The van der Waals surface area contributed by atoms with Crippen LogP contribution in [0.1, 0.15) is 40.2 Å². The maximum Gasteiger partial charge on any atom is 0.272 e. The Hall–Kier alpha value is -3.08. The van der Waals surface area contributed by atoms with Crippen molar-refractivity contribution in [3.05, 3.63) is 77.1 Å². The lowest BCUT2D eigenvalue weighted by Crippen LogP contribution is -2.31. The monoisotopic (exact) mass is 400 g/mol. The number of amides is 1. The van der Waals surface area contributed by atoms with E-state index in [4.69, 9.17) is 5.10 Å². The van der Waals surface area contributed by atoms with Crippen molar-refractivity contribution in [2.75, 3.05) is 24.5 Å². The molecule has 1 aliphatic heterocycles. The molecule has 2 aromatic carbocycles. The predicted octanol–water partition coefficient (Wildman–Crippen LogP) is 3.93. The molecule has 1 atom stereocenters. The highest BCUT2D eigenvalue weighted by Gasteiger charge is 2.28. The predicted molar refractivity (Wildman–Crippen MR) is 119 cm³/mol. The number of rotatable bonds is 5. The number of para-hydroxylation sites is 2. The van der Waals surface area contributed by atoms with E-state index in [9.17, 15) is 4.79 Å². The van der Waals surface area contributed by atoms with Crippen LogP contribution in [0.4, 0.5) is 5.69 Å². The Morgan fingerprint density at radius 1 is 1.10 bits per heavy atom. The molecule has 5 rings (SSSR count). The van der Waals surface area contributed by atoms with Crippen molar-refractivity contribution in [1.82, 2.24) is 15.1 Å². The van der Waals surface area contributed by atoms with E-state index in [0.717, 1.165) is 50.0 Å². The van der Waals surface area contributed by atoms with Gasteiger partial charge in [0.25, 0.3) is 5.91 Å². The van der Waals surface area contributed by atoms with Crippen LogP contribution in [-0.2, 0) is 12.8 Å². The van der Waals surface area contributed by atoms with Gasteiger partial charge in [-0.2, -0.15) is 5.10 Å². The third-order valence-electron chi connectivity index (χ3n) is 6.45. The van der Waals surface area contributed by atoms with E-state index >= 15 is 0 Å². The number of anilines is 1. The minimum Gasteiger partial charge on any atom is -0.371 e. The van der Waals surface area contributed by atoms with Gasteiger partial charge in [0.15, 0.2) is 5.69 Å². The second-order valence-corrected chi connectivity index (χ2v) is 8.47. The zero-order chi connectivity index (χ0) is 20.5. The van der Waals surface area contributed by atoms with Crippen LogP contribution in [0.5, 0.6) is 0 Å². The molecule has 0 spiro atoms. The van der Waals surface area contributed by atoms with Gasteiger partial charge in [0.2, 0.25) is 0 Å². The first-order valence-electron chi connectivity index (χ1n) is 11.0. The van der Waals surface area contributed by atoms with Crippen molar-refractivity contribution >= 4 is 11.6 Å². The second-order valence-electron chi connectivity index (χ2n) is 8.47. The fourth-order valence-corrected chi connectivity index (χ4v) is 4.81. The number of fused-ring (bicyclic) bond motifs is 1. The summed E-state index contributed by atoms with van der Waals surface area (Å²) in [6, 6.07) is 18.8. The summed E-state index contributed by atoms with van der Waals surface area (Å²) in [5, 5.41) is 7.95. The Morgan fingerprint density at radius 2 is 1.90 bits per heavy atom. The lowest BCUT2D eigenvalue weighted by molar-refractivity contribution is 0.0942. The van der Waals surface area contributed by atoms with Crippen LogP contribution in [0.3, 0.4) is 0 Å². The van der Waals surface area contributed by atoms with Crippen LogP contribution in [0, 0.1) is 12.8 Å². The van der Waals surface area contributed by atoms with Gasteiger partial charge < -0.3 is 10.2 Å². The number of aromatic nitrogens is 2. The summed E-state index contributed by atoms with van der Waals surface area (Å²) in [7, 11) is 0. The van der Waals surface area contributed by atoms with Crippen molar-refractivity contribution in [2.24, 2.45) is 5.92 Å². The standard InChI is InChI=1S/C25H28N4O/c1-18-8-5-6-12-22(18)29-23-13-7-11-21(23)24(27-29)25(30)26-16-19-14-15-28(17-19)20-9-3-2-4-10-20/h2-6,8-10,12,19H,7,11,13-17H2,1H3,(H,26,30). The van der Waals surface area contributed by atoms with Crippen molar-refractivity contribution in [2.45, 2.75) is 32.6 Å². The topological polar surface area (TPSA) is 50.2 Å². The average Bonchev–Trinajstić information content (AvgIpc) is 3.50. The summed E-state index contributed by atoms with van der Waals surface area (Å²) in [6.45, 7) is 4.83. The van der Waals surface area contributed by atoms with E-state index in [-0.39, 0.29) is 5.91 Å². The van der Waals surface area contributed by atoms with Gasteiger partial charge in [0.05, 0.1) is 5.69 Å². The first-order valence-corrected chi connectivity index (χ1v) is 11.0. The molecule has 154 valence electrons. The summed E-state index contributed by atoms with van der Waals surface area (Å²) in [5.74, 6) is 0.444. The molecule has 2 heterocycles. The minimum absolute atomic E-state index is 0.0290. The summed E-state index contributed by atoms with van der Waals surface area (Å²) in [6.07, 6.45) is 4.12. The highest BCUT2D eigenvalue weighted by atomic mass is 16.2. The fraction of sp³-hybridized carbons (Fsp3) is 0.360. The second kappa shape index (κ2) is 7.98. The smallest absolute Gasteiger partial charge is 0.272 e. The Morgan fingerprint density at radius 3 is 2.73 bits per heavy atom. The number of nitrogens with one attached hydrogen (secondary N) is 1. The van der Waals surface area contributed by atoms with Gasteiger partial charge in [-0.3, -0.25) is 4.79 Å². The van der Waals surface area contributed by atoms with E-state index in [0.29, 0.717) is 18.2 Å². The van der Waals surface area contributed by atoms with Crippen LogP contribution >= 0.6 is 0 Å². The largest absolute Gasteiger partial charge is 0.371 e. The van der Waals surface area contributed by atoms with Gasteiger partial charge in [-0.25, -0.2) is 4.68 Å². The maximum atomic E-state index is 13.0. The molecule has 0 bridgehead atoms. The zero-order valence-electron chi connectivity index (χ0n) is 17.5. The number of hydrogen-bond donors (Lipinski definition) is 1.